The van der Waals surface area contributed by atoms with Gasteiger partial charge in [0.2, 0.25) is 0 Å². The Balaban J connectivity index is 1.61. The van der Waals surface area contributed by atoms with Crippen LogP contribution >= 0.6 is 0 Å². The Labute approximate surface area is 138 Å². The number of hydrogen-bond donors (Lipinski definition) is 1. The molecule has 0 atom stereocenters. The Morgan fingerprint density at radius 3 is 2.75 bits per heavy atom. The number of furan rings is 1. The quantitative estimate of drug-likeness (QED) is 0.905. The molecule has 2 amide bonds. The number of fused-ring (bicyclic) bond motifs is 1. The van der Waals surface area contributed by atoms with Gasteiger partial charge in [-0.2, -0.15) is 0 Å². The van der Waals surface area contributed by atoms with E-state index >= 15 is 0 Å². The van der Waals surface area contributed by atoms with Crippen molar-refractivity contribution >= 4 is 21.8 Å². The fourth-order valence-corrected chi connectivity index (χ4v) is 4.58. The van der Waals surface area contributed by atoms with Crippen LogP contribution in [0, 0.1) is 0 Å². The molecule has 1 aromatic heterocycles. The summed E-state index contributed by atoms with van der Waals surface area (Å²) < 4.78 is 31.0. The normalized spacial score (nSPS) is 18.5. The third kappa shape index (κ3) is 2.30. The van der Waals surface area contributed by atoms with Gasteiger partial charge in [-0.1, -0.05) is 0 Å². The summed E-state index contributed by atoms with van der Waals surface area (Å²) >= 11 is 0. The lowest BCUT2D eigenvalue weighted by Gasteiger charge is -2.13. The molecule has 0 spiro atoms. The fraction of sp³-hybridized carbons (Fsp3) is 0.250. The maximum atomic E-state index is 12.6. The standard InChI is InChI=1S/C16H14N2O5S/c19-15(17-8-10-5-6-23-9-10)11-1-4-13-14(7-11)24(21,22)18(16(13)20)12-2-3-12/h1,4-7,9,12H,2-3,8H2,(H,17,19). The van der Waals surface area contributed by atoms with Gasteiger partial charge in [0.25, 0.3) is 21.8 Å². The third-order valence-electron chi connectivity index (χ3n) is 4.12. The van der Waals surface area contributed by atoms with Gasteiger partial charge < -0.3 is 9.73 Å². The first kappa shape index (κ1) is 14.9. The summed E-state index contributed by atoms with van der Waals surface area (Å²) in [6.07, 6.45) is 4.40. The Morgan fingerprint density at radius 1 is 1.29 bits per heavy atom. The van der Waals surface area contributed by atoms with Crippen LogP contribution < -0.4 is 5.32 Å². The molecule has 0 radical (unpaired) electrons. The monoisotopic (exact) mass is 346 g/mol. The molecule has 1 fully saturated rings. The molecule has 4 rings (SSSR count). The topological polar surface area (TPSA) is 96.7 Å². The van der Waals surface area contributed by atoms with Crippen molar-refractivity contribution in [1.82, 2.24) is 9.62 Å². The minimum atomic E-state index is -3.86. The molecule has 124 valence electrons. The third-order valence-corrected chi connectivity index (χ3v) is 6.00. The Bertz CT molecular complexity index is 929. The van der Waals surface area contributed by atoms with Crippen LogP contribution in [0.3, 0.4) is 0 Å². The molecule has 2 heterocycles. The highest BCUT2D eigenvalue weighted by molar-refractivity contribution is 7.90. The molecular formula is C16H14N2O5S. The number of sulfonamides is 1. The molecule has 7 nitrogen and oxygen atoms in total. The van der Waals surface area contributed by atoms with E-state index in [1.807, 2.05) is 0 Å². The van der Waals surface area contributed by atoms with Gasteiger partial charge in [0.1, 0.15) is 4.90 Å². The predicted octanol–water partition coefficient (Wildman–Crippen LogP) is 1.52. The minimum Gasteiger partial charge on any atom is -0.472 e. The Morgan fingerprint density at radius 2 is 2.08 bits per heavy atom. The van der Waals surface area contributed by atoms with Crippen LogP contribution in [0.1, 0.15) is 39.1 Å². The largest absolute Gasteiger partial charge is 0.472 e. The van der Waals surface area contributed by atoms with E-state index in [4.69, 9.17) is 4.42 Å². The van der Waals surface area contributed by atoms with Crippen molar-refractivity contribution in [1.29, 1.82) is 0 Å². The van der Waals surface area contributed by atoms with E-state index in [9.17, 15) is 18.0 Å². The first-order valence-electron chi connectivity index (χ1n) is 7.50. The summed E-state index contributed by atoms with van der Waals surface area (Å²) in [7, 11) is -3.86. The first-order chi connectivity index (χ1) is 11.5. The van der Waals surface area contributed by atoms with Crippen molar-refractivity contribution in [3.63, 3.8) is 0 Å². The van der Waals surface area contributed by atoms with E-state index in [0.29, 0.717) is 12.8 Å². The van der Waals surface area contributed by atoms with Crippen molar-refractivity contribution in [2.45, 2.75) is 30.3 Å². The van der Waals surface area contributed by atoms with Crippen LogP contribution in [-0.2, 0) is 16.6 Å². The van der Waals surface area contributed by atoms with Crippen LogP contribution in [0.4, 0.5) is 0 Å². The lowest BCUT2D eigenvalue weighted by molar-refractivity contribution is 0.0863. The fourth-order valence-electron chi connectivity index (χ4n) is 2.74. The number of benzene rings is 1. The molecule has 24 heavy (non-hydrogen) atoms. The van der Waals surface area contributed by atoms with E-state index in [1.165, 1.54) is 30.7 Å². The van der Waals surface area contributed by atoms with E-state index in [-0.39, 0.29) is 28.6 Å². The van der Waals surface area contributed by atoms with Crippen molar-refractivity contribution in [3.8, 4) is 0 Å². The number of rotatable bonds is 4. The second-order valence-electron chi connectivity index (χ2n) is 5.86. The second kappa shape index (κ2) is 5.20. The average Bonchev–Trinajstić information content (AvgIpc) is 3.19. The van der Waals surface area contributed by atoms with Gasteiger partial charge in [0.05, 0.1) is 18.1 Å². The van der Waals surface area contributed by atoms with Gasteiger partial charge in [-0.05, 0) is 37.1 Å². The van der Waals surface area contributed by atoms with Crippen molar-refractivity contribution in [2.75, 3.05) is 0 Å². The van der Waals surface area contributed by atoms with E-state index in [0.717, 1.165) is 9.87 Å². The summed E-state index contributed by atoms with van der Waals surface area (Å²) in [4.78, 5) is 24.4. The van der Waals surface area contributed by atoms with Gasteiger partial charge in [-0.3, -0.25) is 9.59 Å². The highest BCUT2D eigenvalue weighted by Crippen LogP contribution is 2.39. The number of nitrogens with zero attached hydrogens (tertiary/aromatic N) is 1. The summed E-state index contributed by atoms with van der Waals surface area (Å²) in [6.45, 7) is 0.270. The van der Waals surface area contributed by atoms with Crippen molar-refractivity contribution in [2.24, 2.45) is 0 Å². The molecule has 1 aliphatic heterocycles. The molecule has 0 saturated heterocycles. The average molecular weight is 346 g/mol. The van der Waals surface area contributed by atoms with Gasteiger partial charge >= 0.3 is 0 Å². The molecule has 1 aromatic carbocycles. The van der Waals surface area contributed by atoms with E-state index in [1.54, 1.807) is 6.07 Å². The number of hydrogen-bond acceptors (Lipinski definition) is 5. The van der Waals surface area contributed by atoms with Crippen molar-refractivity contribution in [3.05, 3.63) is 53.5 Å². The summed E-state index contributed by atoms with van der Waals surface area (Å²) in [5.41, 5.74) is 1.13. The van der Waals surface area contributed by atoms with Crippen LogP contribution in [0.2, 0.25) is 0 Å². The second-order valence-corrected chi connectivity index (χ2v) is 7.65. The molecule has 2 aromatic rings. The van der Waals surface area contributed by atoms with Crippen LogP contribution in [0.15, 0.2) is 46.1 Å². The summed E-state index contributed by atoms with van der Waals surface area (Å²) in [5, 5.41) is 2.69. The van der Waals surface area contributed by atoms with Crippen LogP contribution in [-0.4, -0.2) is 30.6 Å². The highest BCUT2D eigenvalue weighted by atomic mass is 32.2. The molecule has 0 bridgehead atoms. The Hall–Kier alpha value is -2.61. The van der Waals surface area contributed by atoms with Crippen molar-refractivity contribution < 1.29 is 22.4 Å². The molecule has 2 aliphatic rings. The number of carbonyl (C=O) groups is 2. The number of carbonyl (C=O) groups excluding carboxylic acids is 2. The molecule has 1 aliphatic carbocycles. The van der Waals surface area contributed by atoms with Crippen LogP contribution in [0.5, 0.6) is 0 Å². The maximum Gasteiger partial charge on any atom is 0.269 e. The predicted molar refractivity (Wildman–Crippen MR) is 82.7 cm³/mol. The van der Waals surface area contributed by atoms with E-state index in [2.05, 4.69) is 5.32 Å². The van der Waals surface area contributed by atoms with Crippen LogP contribution in [0.25, 0.3) is 0 Å². The van der Waals surface area contributed by atoms with Gasteiger partial charge in [-0.25, -0.2) is 12.7 Å². The molecular weight excluding hydrogens is 332 g/mol. The lowest BCUT2D eigenvalue weighted by atomic mass is 10.1. The first-order valence-corrected chi connectivity index (χ1v) is 8.94. The summed E-state index contributed by atoms with van der Waals surface area (Å²) in [6, 6.07) is 5.63. The zero-order valence-corrected chi connectivity index (χ0v) is 13.4. The zero-order chi connectivity index (χ0) is 16.9. The minimum absolute atomic E-state index is 0.0876. The molecule has 1 saturated carbocycles. The summed E-state index contributed by atoms with van der Waals surface area (Å²) in [5.74, 6) is -0.913. The van der Waals surface area contributed by atoms with E-state index < -0.39 is 21.8 Å². The molecule has 1 N–H and O–H groups in total. The van der Waals surface area contributed by atoms with Gasteiger partial charge in [0.15, 0.2) is 0 Å². The molecule has 0 unspecified atom stereocenters. The number of amides is 2. The number of nitrogens with one attached hydrogen (secondary N) is 1. The van der Waals surface area contributed by atoms with Gasteiger partial charge in [-0.15, -0.1) is 0 Å². The zero-order valence-electron chi connectivity index (χ0n) is 12.6. The maximum absolute atomic E-state index is 12.6. The van der Waals surface area contributed by atoms with Gasteiger partial charge in [0, 0.05) is 23.7 Å². The smallest absolute Gasteiger partial charge is 0.269 e. The molecule has 8 heteroatoms. The Kier molecular flexibility index (Phi) is 3.24. The lowest BCUT2D eigenvalue weighted by Crippen LogP contribution is -2.32. The SMILES string of the molecule is O=C(NCc1ccoc1)c1ccc2c(c1)S(=O)(=O)N(C1CC1)C2=O. The highest BCUT2D eigenvalue weighted by Gasteiger charge is 2.48.